The molecule has 0 amide bonds. The van der Waals surface area contributed by atoms with Gasteiger partial charge in [0.05, 0.1) is 7.11 Å². The van der Waals surface area contributed by atoms with E-state index in [0.717, 1.165) is 15.8 Å². The SMILES string of the molecule is COc1[c]cc(Br)c(-c2ccccc2C)c1. The Hall–Kier alpha value is -1.28. The van der Waals surface area contributed by atoms with Crippen LogP contribution in [0.5, 0.6) is 5.75 Å². The highest BCUT2D eigenvalue weighted by Gasteiger charge is 2.07. The van der Waals surface area contributed by atoms with Gasteiger partial charge in [-0.3, -0.25) is 0 Å². The Balaban J connectivity index is 2.59. The van der Waals surface area contributed by atoms with Crippen LogP contribution in [0.15, 0.2) is 40.9 Å². The first kappa shape index (κ1) is 11.2. The fraction of sp³-hybridized carbons (Fsp3) is 0.143. The Morgan fingerprint density at radius 2 is 1.94 bits per heavy atom. The maximum atomic E-state index is 5.19. The molecule has 2 heteroatoms. The van der Waals surface area contributed by atoms with Gasteiger partial charge >= 0.3 is 0 Å². The Bertz CT molecular complexity index is 506. The third-order valence-corrected chi connectivity index (χ3v) is 3.19. The molecule has 81 valence electrons. The van der Waals surface area contributed by atoms with Gasteiger partial charge in [0.2, 0.25) is 0 Å². The second-order valence-corrected chi connectivity index (χ2v) is 4.43. The van der Waals surface area contributed by atoms with E-state index in [1.807, 2.05) is 24.3 Å². The fourth-order valence-electron chi connectivity index (χ4n) is 1.65. The Labute approximate surface area is 104 Å². The highest BCUT2D eigenvalue weighted by molar-refractivity contribution is 9.10. The third kappa shape index (κ3) is 2.12. The van der Waals surface area contributed by atoms with E-state index < -0.39 is 0 Å². The number of hydrogen-bond donors (Lipinski definition) is 0. The summed E-state index contributed by atoms with van der Waals surface area (Å²) in [4.78, 5) is 0. The molecule has 1 nitrogen and oxygen atoms in total. The average molecular weight is 276 g/mol. The first-order valence-corrected chi connectivity index (χ1v) is 5.83. The summed E-state index contributed by atoms with van der Waals surface area (Å²) in [5, 5.41) is 0. The summed E-state index contributed by atoms with van der Waals surface area (Å²) >= 11 is 3.54. The maximum absolute atomic E-state index is 5.19. The van der Waals surface area contributed by atoms with Gasteiger partial charge in [-0.2, -0.15) is 0 Å². The number of ether oxygens (including phenoxy) is 1. The lowest BCUT2D eigenvalue weighted by Crippen LogP contribution is -1.87. The van der Waals surface area contributed by atoms with Crippen LogP contribution >= 0.6 is 15.9 Å². The van der Waals surface area contributed by atoms with Crippen molar-refractivity contribution in [2.24, 2.45) is 0 Å². The number of rotatable bonds is 2. The number of methoxy groups -OCH3 is 1. The van der Waals surface area contributed by atoms with E-state index in [-0.39, 0.29) is 0 Å². The number of hydrogen-bond acceptors (Lipinski definition) is 1. The molecule has 0 bridgehead atoms. The summed E-state index contributed by atoms with van der Waals surface area (Å²) in [6.07, 6.45) is 0. The van der Waals surface area contributed by atoms with Crippen molar-refractivity contribution in [2.75, 3.05) is 7.11 Å². The van der Waals surface area contributed by atoms with Gasteiger partial charge in [0.15, 0.2) is 0 Å². The van der Waals surface area contributed by atoms with Crippen LogP contribution in [-0.2, 0) is 0 Å². The van der Waals surface area contributed by atoms with Gasteiger partial charge in [0.1, 0.15) is 5.75 Å². The molecule has 2 aromatic rings. The summed E-state index contributed by atoms with van der Waals surface area (Å²) < 4.78 is 6.22. The molecule has 0 unspecified atom stereocenters. The molecule has 0 fully saturated rings. The summed E-state index contributed by atoms with van der Waals surface area (Å²) in [6.45, 7) is 2.10. The molecule has 0 saturated carbocycles. The molecule has 0 aliphatic heterocycles. The Morgan fingerprint density at radius 1 is 1.19 bits per heavy atom. The molecule has 0 spiro atoms. The van der Waals surface area contributed by atoms with Crippen LogP contribution in [0.2, 0.25) is 0 Å². The summed E-state index contributed by atoms with van der Waals surface area (Å²) in [7, 11) is 1.65. The van der Waals surface area contributed by atoms with Crippen molar-refractivity contribution in [3.8, 4) is 16.9 Å². The lowest BCUT2D eigenvalue weighted by Gasteiger charge is -2.09. The van der Waals surface area contributed by atoms with Crippen LogP contribution in [0.4, 0.5) is 0 Å². The lowest BCUT2D eigenvalue weighted by molar-refractivity contribution is 0.414. The quantitative estimate of drug-likeness (QED) is 0.797. The third-order valence-electron chi connectivity index (χ3n) is 2.53. The molecule has 0 aromatic heterocycles. The van der Waals surface area contributed by atoms with Crippen LogP contribution in [0.3, 0.4) is 0 Å². The second-order valence-electron chi connectivity index (χ2n) is 3.58. The molecule has 2 rings (SSSR count). The van der Waals surface area contributed by atoms with Crippen LogP contribution in [0, 0.1) is 13.0 Å². The average Bonchev–Trinajstić information content (AvgIpc) is 2.31. The molecule has 0 saturated heterocycles. The zero-order valence-electron chi connectivity index (χ0n) is 9.25. The van der Waals surface area contributed by atoms with Crippen molar-refractivity contribution >= 4 is 15.9 Å². The normalized spacial score (nSPS) is 10.2. The molecule has 0 N–H and O–H groups in total. The van der Waals surface area contributed by atoms with Crippen LogP contribution in [0.1, 0.15) is 5.56 Å². The first-order valence-electron chi connectivity index (χ1n) is 5.03. The fourth-order valence-corrected chi connectivity index (χ4v) is 2.10. The van der Waals surface area contributed by atoms with Gasteiger partial charge < -0.3 is 4.74 Å². The largest absolute Gasteiger partial charge is 0.496 e. The van der Waals surface area contributed by atoms with E-state index in [1.54, 1.807) is 7.11 Å². The number of benzene rings is 2. The Kier molecular flexibility index (Phi) is 3.30. The van der Waals surface area contributed by atoms with Crippen LogP contribution < -0.4 is 4.74 Å². The predicted molar refractivity (Wildman–Crippen MR) is 69.7 cm³/mol. The summed E-state index contributed by atoms with van der Waals surface area (Å²) in [5.74, 6) is 0.751. The molecule has 1 radical (unpaired) electrons. The standard InChI is InChI=1S/C14H12BrO/c1-10-5-3-4-6-12(10)13-9-11(16-2)7-8-14(13)15/h3-6,8-9H,1-2H3. The minimum atomic E-state index is 0.751. The number of halogens is 1. The lowest BCUT2D eigenvalue weighted by atomic mass is 10.0. The van der Waals surface area contributed by atoms with Crippen molar-refractivity contribution in [3.05, 3.63) is 52.5 Å². The number of aryl methyl sites for hydroxylation is 1. The first-order chi connectivity index (χ1) is 7.72. The van der Waals surface area contributed by atoms with Gasteiger partial charge in [-0.05, 0) is 35.7 Å². The van der Waals surface area contributed by atoms with Crippen molar-refractivity contribution < 1.29 is 4.74 Å². The molecule has 0 atom stereocenters. The highest BCUT2D eigenvalue weighted by Crippen LogP contribution is 2.33. The van der Waals surface area contributed by atoms with Gasteiger partial charge in [0.25, 0.3) is 0 Å². The second kappa shape index (κ2) is 4.71. The van der Waals surface area contributed by atoms with Gasteiger partial charge in [0, 0.05) is 10.5 Å². The van der Waals surface area contributed by atoms with Gasteiger partial charge in [-0.15, -0.1) is 0 Å². The highest BCUT2D eigenvalue weighted by atomic mass is 79.9. The molecular weight excluding hydrogens is 264 g/mol. The molecular formula is C14H12BrO. The maximum Gasteiger partial charge on any atom is 0.127 e. The van der Waals surface area contributed by atoms with Crippen molar-refractivity contribution in [3.63, 3.8) is 0 Å². The van der Waals surface area contributed by atoms with Crippen LogP contribution in [-0.4, -0.2) is 7.11 Å². The van der Waals surface area contributed by atoms with E-state index in [4.69, 9.17) is 4.74 Å². The molecule has 2 aromatic carbocycles. The zero-order chi connectivity index (χ0) is 11.5. The van der Waals surface area contributed by atoms with Gasteiger partial charge in [-0.25, -0.2) is 0 Å². The smallest absolute Gasteiger partial charge is 0.127 e. The topological polar surface area (TPSA) is 9.23 Å². The van der Waals surface area contributed by atoms with Crippen LogP contribution in [0.25, 0.3) is 11.1 Å². The van der Waals surface area contributed by atoms with Crippen molar-refractivity contribution in [1.29, 1.82) is 0 Å². The molecule has 16 heavy (non-hydrogen) atoms. The van der Waals surface area contributed by atoms with Crippen molar-refractivity contribution in [2.45, 2.75) is 6.92 Å². The van der Waals surface area contributed by atoms with Gasteiger partial charge in [-0.1, -0.05) is 40.2 Å². The van der Waals surface area contributed by atoms with E-state index in [9.17, 15) is 0 Å². The van der Waals surface area contributed by atoms with E-state index in [2.05, 4.69) is 41.1 Å². The predicted octanol–water partition coefficient (Wildman–Crippen LogP) is 4.23. The van der Waals surface area contributed by atoms with Crippen molar-refractivity contribution in [1.82, 2.24) is 0 Å². The van der Waals surface area contributed by atoms with E-state index in [0.29, 0.717) is 0 Å². The Morgan fingerprint density at radius 3 is 2.62 bits per heavy atom. The zero-order valence-corrected chi connectivity index (χ0v) is 10.8. The molecule has 0 heterocycles. The minimum absolute atomic E-state index is 0.751. The van der Waals surface area contributed by atoms with E-state index in [1.165, 1.54) is 11.1 Å². The van der Waals surface area contributed by atoms with E-state index >= 15 is 0 Å². The summed E-state index contributed by atoms with van der Waals surface area (Å²) in [5.41, 5.74) is 3.59. The minimum Gasteiger partial charge on any atom is -0.496 e. The molecule has 0 aliphatic rings. The monoisotopic (exact) mass is 275 g/mol. The summed E-state index contributed by atoms with van der Waals surface area (Å²) in [6, 6.07) is 15.2. The molecule has 0 aliphatic carbocycles.